The molecular weight excluding hydrogens is 182 g/mol. The summed E-state index contributed by atoms with van der Waals surface area (Å²) in [5, 5.41) is 9.03. The lowest BCUT2D eigenvalue weighted by atomic mass is 9.80. The summed E-state index contributed by atoms with van der Waals surface area (Å²) < 4.78 is 5.39. The predicted octanol–water partition coefficient (Wildman–Crippen LogP) is -1.48. The van der Waals surface area contributed by atoms with Crippen LogP contribution >= 0.6 is 0 Å². The van der Waals surface area contributed by atoms with Gasteiger partial charge in [-0.1, -0.05) is 0 Å². The topological polar surface area (TPSA) is 62.4 Å². The molecule has 2 unspecified atom stereocenters. The van der Waals surface area contributed by atoms with Gasteiger partial charge in [0.2, 0.25) is 5.91 Å². The number of nitrogens with one attached hydrogen (secondary N) is 3. The van der Waals surface area contributed by atoms with Crippen molar-refractivity contribution in [1.29, 1.82) is 0 Å². The average Bonchev–Trinajstić information content (AvgIpc) is 2.72. The van der Waals surface area contributed by atoms with Gasteiger partial charge >= 0.3 is 0 Å². The molecule has 3 N–H and O–H groups in total. The van der Waals surface area contributed by atoms with Gasteiger partial charge < -0.3 is 20.7 Å². The van der Waals surface area contributed by atoms with Crippen molar-refractivity contribution in [2.75, 3.05) is 40.0 Å². The number of amides is 1. The number of carbonyl (C=O) groups is 1. The lowest BCUT2D eigenvalue weighted by molar-refractivity contribution is -0.131. The van der Waals surface area contributed by atoms with Gasteiger partial charge in [-0.05, 0) is 7.05 Å². The van der Waals surface area contributed by atoms with Gasteiger partial charge in [-0.3, -0.25) is 4.79 Å². The first kappa shape index (κ1) is 9.89. The summed E-state index contributed by atoms with van der Waals surface area (Å²) in [5.74, 6) is 0.457. The summed E-state index contributed by atoms with van der Waals surface area (Å²) in [6.07, 6.45) is 0. The highest BCUT2D eigenvalue weighted by Gasteiger charge is 2.52. The van der Waals surface area contributed by atoms with Crippen molar-refractivity contribution in [3.63, 3.8) is 0 Å². The molecule has 2 aliphatic rings. The van der Waals surface area contributed by atoms with Gasteiger partial charge in [-0.25, -0.2) is 0 Å². The fourth-order valence-electron chi connectivity index (χ4n) is 2.26. The number of ether oxygens (including phenoxy) is 1. The molecule has 5 heteroatoms. The van der Waals surface area contributed by atoms with E-state index in [1.807, 2.05) is 7.05 Å². The van der Waals surface area contributed by atoms with Crippen LogP contribution in [0.25, 0.3) is 0 Å². The summed E-state index contributed by atoms with van der Waals surface area (Å²) in [6, 6.07) is 0. The van der Waals surface area contributed by atoms with E-state index in [1.165, 1.54) is 0 Å². The largest absolute Gasteiger partial charge is 0.380 e. The lowest BCUT2D eigenvalue weighted by Crippen LogP contribution is -2.48. The summed E-state index contributed by atoms with van der Waals surface area (Å²) in [6.45, 7) is 3.42. The summed E-state index contributed by atoms with van der Waals surface area (Å²) in [5.41, 5.74) is -0.309. The molecule has 2 heterocycles. The minimum atomic E-state index is -0.309. The molecule has 2 aliphatic heterocycles. The molecule has 1 amide bonds. The van der Waals surface area contributed by atoms with Crippen molar-refractivity contribution < 1.29 is 9.53 Å². The first-order chi connectivity index (χ1) is 6.79. The van der Waals surface area contributed by atoms with E-state index < -0.39 is 0 Å². The van der Waals surface area contributed by atoms with Crippen LogP contribution in [0, 0.1) is 11.3 Å². The van der Waals surface area contributed by atoms with Gasteiger partial charge in [0, 0.05) is 19.0 Å². The Labute approximate surface area is 83.6 Å². The van der Waals surface area contributed by atoms with Crippen LogP contribution in [0.2, 0.25) is 0 Å². The van der Waals surface area contributed by atoms with E-state index >= 15 is 0 Å². The highest BCUT2D eigenvalue weighted by molar-refractivity contribution is 5.84. The SMILES string of the molecule is CNCNC(=O)C12CNCC1COC2. The van der Waals surface area contributed by atoms with Gasteiger partial charge in [0.1, 0.15) is 0 Å². The van der Waals surface area contributed by atoms with E-state index in [4.69, 9.17) is 4.74 Å². The molecule has 0 aromatic carbocycles. The first-order valence-electron chi connectivity index (χ1n) is 5.01. The highest BCUT2D eigenvalue weighted by Crippen LogP contribution is 2.37. The van der Waals surface area contributed by atoms with Crippen LogP contribution in [0.4, 0.5) is 0 Å². The summed E-state index contributed by atoms with van der Waals surface area (Å²) in [4.78, 5) is 11.9. The van der Waals surface area contributed by atoms with Crippen molar-refractivity contribution >= 4 is 5.91 Å². The zero-order valence-electron chi connectivity index (χ0n) is 8.43. The van der Waals surface area contributed by atoms with Crippen molar-refractivity contribution in [2.45, 2.75) is 0 Å². The van der Waals surface area contributed by atoms with Gasteiger partial charge in [0.25, 0.3) is 0 Å². The summed E-state index contributed by atoms with van der Waals surface area (Å²) >= 11 is 0. The number of hydrogen-bond donors (Lipinski definition) is 3. The maximum atomic E-state index is 11.9. The monoisotopic (exact) mass is 199 g/mol. The minimum Gasteiger partial charge on any atom is -0.380 e. The minimum absolute atomic E-state index is 0.111. The molecule has 80 valence electrons. The van der Waals surface area contributed by atoms with E-state index in [0.717, 1.165) is 13.1 Å². The van der Waals surface area contributed by atoms with Gasteiger partial charge in [-0.15, -0.1) is 0 Å². The van der Waals surface area contributed by atoms with Crippen molar-refractivity contribution in [1.82, 2.24) is 16.0 Å². The Morgan fingerprint density at radius 2 is 2.57 bits per heavy atom. The molecule has 0 spiro atoms. The van der Waals surface area contributed by atoms with E-state index in [2.05, 4.69) is 16.0 Å². The maximum Gasteiger partial charge on any atom is 0.231 e. The molecule has 5 nitrogen and oxygen atoms in total. The molecule has 0 aromatic heterocycles. The number of hydrogen-bond acceptors (Lipinski definition) is 4. The van der Waals surface area contributed by atoms with Crippen LogP contribution in [-0.4, -0.2) is 45.9 Å². The Balaban J connectivity index is 2.02. The van der Waals surface area contributed by atoms with E-state index in [9.17, 15) is 4.79 Å². The Hall–Kier alpha value is -0.650. The van der Waals surface area contributed by atoms with E-state index in [1.54, 1.807) is 0 Å². The smallest absolute Gasteiger partial charge is 0.231 e. The van der Waals surface area contributed by atoms with Crippen LogP contribution in [-0.2, 0) is 9.53 Å². The Morgan fingerprint density at radius 1 is 1.71 bits per heavy atom. The van der Waals surface area contributed by atoms with Crippen LogP contribution in [0.3, 0.4) is 0 Å². The molecule has 2 rings (SSSR count). The Morgan fingerprint density at radius 3 is 3.36 bits per heavy atom. The second-order valence-corrected chi connectivity index (χ2v) is 4.04. The standard InChI is InChI=1S/C9H17N3O2/c1-10-6-12-8(13)9-4-11-2-7(9)3-14-5-9/h7,10-11H,2-6H2,1H3,(H,12,13). The zero-order chi connectivity index (χ0) is 10.0. The van der Waals surface area contributed by atoms with Crippen LogP contribution in [0.15, 0.2) is 0 Å². The molecule has 14 heavy (non-hydrogen) atoms. The molecule has 0 aliphatic carbocycles. The third-order valence-electron chi connectivity index (χ3n) is 3.17. The van der Waals surface area contributed by atoms with Crippen LogP contribution in [0.1, 0.15) is 0 Å². The van der Waals surface area contributed by atoms with Crippen molar-refractivity contribution in [2.24, 2.45) is 11.3 Å². The quantitative estimate of drug-likeness (QED) is 0.485. The van der Waals surface area contributed by atoms with Crippen molar-refractivity contribution in [3.05, 3.63) is 0 Å². The zero-order valence-corrected chi connectivity index (χ0v) is 8.43. The molecule has 0 bridgehead atoms. The van der Waals surface area contributed by atoms with Crippen molar-refractivity contribution in [3.8, 4) is 0 Å². The number of carbonyl (C=O) groups excluding carboxylic acids is 1. The lowest BCUT2D eigenvalue weighted by Gasteiger charge is -2.24. The molecule has 0 radical (unpaired) electrons. The van der Waals surface area contributed by atoms with E-state index in [-0.39, 0.29) is 11.3 Å². The Bertz CT molecular complexity index is 222. The molecule has 2 atom stereocenters. The van der Waals surface area contributed by atoms with E-state index in [0.29, 0.717) is 25.8 Å². The van der Waals surface area contributed by atoms with Crippen LogP contribution in [0.5, 0.6) is 0 Å². The average molecular weight is 199 g/mol. The van der Waals surface area contributed by atoms with Crippen LogP contribution < -0.4 is 16.0 Å². The first-order valence-corrected chi connectivity index (χ1v) is 5.01. The molecule has 0 saturated carbocycles. The molecular formula is C9H17N3O2. The van der Waals surface area contributed by atoms with Gasteiger partial charge in [-0.2, -0.15) is 0 Å². The maximum absolute atomic E-state index is 11.9. The fourth-order valence-corrected chi connectivity index (χ4v) is 2.26. The molecule has 0 aromatic rings. The highest BCUT2D eigenvalue weighted by atomic mass is 16.5. The number of rotatable bonds is 3. The second kappa shape index (κ2) is 3.84. The third-order valence-corrected chi connectivity index (χ3v) is 3.17. The second-order valence-electron chi connectivity index (χ2n) is 4.04. The molecule has 2 fully saturated rings. The normalized spacial score (nSPS) is 35.6. The Kier molecular flexibility index (Phi) is 2.71. The summed E-state index contributed by atoms with van der Waals surface area (Å²) in [7, 11) is 1.81. The fraction of sp³-hybridized carbons (Fsp3) is 0.889. The third kappa shape index (κ3) is 1.41. The predicted molar refractivity (Wildman–Crippen MR) is 51.7 cm³/mol. The number of fused-ring (bicyclic) bond motifs is 1. The van der Waals surface area contributed by atoms with Gasteiger partial charge in [0.05, 0.1) is 25.3 Å². The van der Waals surface area contributed by atoms with Gasteiger partial charge in [0.15, 0.2) is 0 Å². The molecule has 2 saturated heterocycles.